The van der Waals surface area contributed by atoms with Crippen molar-refractivity contribution in [1.29, 1.82) is 5.26 Å². The Bertz CT molecular complexity index is 5870. The van der Waals surface area contributed by atoms with Crippen molar-refractivity contribution in [3.05, 3.63) is 114 Å². The highest BCUT2D eigenvalue weighted by atomic mass is 32.1. The molecule has 9 aliphatic rings. The van der Waals surface area contributed by atoms with Crippen molar-refractivity contribution in [2.45, 2.75) is 359 Å². The molecule has 8 aromatic heterocycles. The van der Waals surface area contributed by atoms with E-state index in [1.54, 1.807) is 101 Å². The van der Waals surface area contributed by atoms with Gasteiger partial charge in [-0.15, -0.1) is 45.3 Å². The van der Waals surface area contributed by atoms with E-state index in [9.17, 15) is 81.6 Å². The molecule has 8 amide bonds. The standard InChI is InChI=1S/C28H38FN5O3S.C28H40FN5O3S.C27H35FN6O3S.C26H36FN5O3S/c1-28(2,37)16-31-25(35)26-33-23(27(36)34-12-10-18(29)11-13-34)24(38-26)21-15-30-22(14-20(21)17-8-9-17)32-19-6-4-3-5-7-19;1-17(2)20-14-22(32-19-8-6-5-7-9-19)30-15-21(20)24-23(27(36)34-12-10-18(29)11-13-34)33-26(38-24)25(35)31-16-28(3,4)37;1-16-19(13-29)23(32-18-7-5-4-6-8-18)30-14-20(16)22-21(26(36)34-11-9-17(28)10-12-34)33-25(38-22)24(35)31-15-27(2,3)37;1-16-13-20(30-18-7-5-4-6-8-18)28-14-19(16)22-21(25(34)32-11-9-17(27)10-12-32)31-24(36-22)23(33)29-15-26(2,3)35/h14-15,17-19,37H,3-13,16H2,1-2H3,(H,30,32)(H,31,35);14-15,17-19,37H,5-13,16H2,1-4H3,(H,30,32)(H,31,35);14,17-18,37H,4-12,15H2,1-3H3,(H,30,32)(H,31,35);13-14,17-18,35H,4-12,15H2,1-3H3,(H,28,30)(H,29,33). The lowest BCUT2D eigenvalue weighted by Crippen LogP contribution is -2.39. The molecule has 0 aromatic carbocycles. The minimum absolute atomic E-state index is 0.00867. The van der Waals surface area contributed by atoms with Gasteiger partial charge >= 0.3 is 0 Å². The van der Waals surface area contributed by atoms with E-state index in [1.807, 2.05) is 25.3 Å². The second-order valence-electron chi connectivity index (χ2n) is 44.3. The van der Waals surface area contributed by atoms with Crippen LogP contribution in [0.4, 0.5) is 40.8 Å². The summed E-state index contributed by atoms with van der Waals surface area (Å²) in [5.41, 5.74) is 3.34. The van der Waals surface area contributed by atoms with Crippen LogP contribution >= 0.6 is 45.3 Å². The van der Waals surface area contributed by atoms with Gasteiger partial charge in [0.05, 0.1) is 47.5 Å². The number of pyridine rings is 4. The number of carbonyl (C=O) groups is 8. The third-order valence-corrected chi connectivity index (χ3v) is 32.9. The second kappa shape index (κ2) is 51.7. The van der Waals surface area contributed by atoms with E-state index in [4.69, 9.17) is 9.97 Å². The van der Waals surface area contributed by atoms with Gasteiger partial charge in [0.15, 0.2) is 20.0 Å². The first-order valence-electron chi connectivity index (χ1n) is 53.6. The topological polar surface area (TPSA) is 454 Å². The first kappa shape index (κ1) is 115. The number of anilines is 4. The summed E-state index contributed by atoms with van der Waals surface area (Å²) in [5.74, 6) is 0.395. The molecular weight excluding hydrogens is 2000 g/mol. The van der Waals surface area contributed by atoms with E-state index >= 15 is 0 Å². The van der Waals surface area contributed by atoms with Crippen molar-refractivity contribution in [2.75, 3.05) is 99.8 Å². The normalized spacial score (nSPS) is 18.0. The number of rotatable bonds is 30. The van der Waals surface area contributed by atoms with Crippen LogP contribution in [-0.2, 0) is 0 Å². The summed E-state index contributed by atoms with van der Waals surface area (Å²) in [7, 11) is 0. The molecule has 0 radical (unpaired) electrons. The number of piperidine rings is 4. The Morgan fingerprint density at radius 1 is 0.373 bits per heavy atom. The lowest BCUT2D eigenvalue weighted by Gasteiger charge is -2.28. The molecule has 0 unspecified atom stereocenters. The summed E-state index contributed by atoms with van der Waals surface area (Å²) in [6, 6.07) is 9.91. The number of hydrogen-bond acceptors (Lipinski definition) is 29. The maximum atomic E-state index is 13.8. The van der Waals surface area contributed by atoms with Crippen molar-refractivity contribution in [3.8, 4) is 47.8 Å². The Kier molecular flexibility index (Phi) is 39.5. The van der Waals surface area contributed by atoms with E-state index in [2.05, 4.69) is 98.4 Å². The summed E-state index contributed by atoms with van der Waals surface area (Å²) in [6.45, 7) is 23.4. The molecule has 150 heavy (non-hydrogen) atoms. The fraction of sp³-hybridized carbons (Fsp3) is 0.624. The number of nitriles is 1. The van der Waals surface area contributed by atoms with Gasteiger partial charge in [-0.1, -0.05) is 90.9 Å². The number of nitrogens with zero attached hydrogens (tertiary/aromatic N) is 13. The molecule has 5 aliphatic carbocycles. The van der Waals surface area contributed by atoms with Gasteiger partial charge in [-0.05, 0) is 237 Å². The highest BCUT2D eigenvalue weighted by molar-refractivity contribution is 7.18. The monoisotopic (exact) mass is 2150 g/mol. The lowest BCUT2D eigenvalue weighted by molar-refractivity contribution is 0.0652. The molecule has 5 saturated carbocycles. The van der Waals surface area contributed by atoms with E-state index in [1.165, 1.54) is 75.5 Å². The number of halogens is 4. The van der Waals surface area contributed by atoms with Gasteiger partial charge in [0.1, 0.15) is 76.8 Å². The fourth-order valence-electron chi connectivity index (χ4n) is 19.7. The van der Waals surface area contributed by atoms with Crippen LogP contribution in [0, 0.1) is 25.2 Å². The van der Waals surface area contributed by atoms with Crippen LogP contribution in [0.25, 0.3) is 41.8 Å². The Morgan fingerprint density at radius 3 is 0.947 bits per heavy atom. The number of likely N-dealkylation sites (tertiary alicyclic amines) is 4. The number of amides is 8. The zero-order valence-electron chi connectivity index (χ0n) is 88.5. The van der Waals surface area contributed by atoms with Crippen LogP contribution < -0.4 is 42.5 Å². The number of aliphatic hydroxyl groups is 4. The molecule has 9 fully saturated rings. The second-order valence-corrected chi connectivity index (χ2v) is 48.3. The minimum Gasteiger partial charge on any atom is -0.389 e. The molecule has 12 heterocycles. The van der Waals surface area contributed by atoms with E-state index in [-0.39, 0.29) is 131 Å². The Morgan fingerprint density at radius 2 is 0.647 bits per heavy atom. The molecule has 814 valence electrons. The Balaban J connectivity index is 0.000000157. The Labute approximate surface area is 892 Å². The highest BCUT2D eigenvalue weighted by Crippen LogP contribution is 2.49. The molecule has 0 bridgehead atoms. The molecule has 4 saturated heterocycles. The van der Waals surface area contributed by atoms with E-state index in [0.717, 1.165) is 162 Å². The first-order valence-corrected chi connectivity index (χ1v) is 56.9. The maximum absolute atomic E-state index is 13.8. The zero-order valence-corrected chi connectivity index (χ0v) is 91.8. The first-order chi connectivity index (χ1) is 71.4. The Hall–Kier alpha value is -10.9. The molecule has 12 N–H and O–H groups in total. The summed E-state index contributed by atoms with van der Waals surface area (Å²) in [4.78, 5) is 151. The van der Waals surface area contributed by atoms with Gasteiger partial charge in [0.2, 0.25) is 0 Å². The van der Waals surface area contributed by atoms with Crippen LogP contribution in [0.1, 0.15) is 383 Å². The molecule has 0 atom stereocenters. The lowest BCUT2D eigenvalue weighted by atomic mass is 9.94. The predicted molar refractivity (Wildman–Crippen MR) is 578 cm³/mol. The third-order valence-electron chi connectivity index (χ3n) is 28.5. The van der Waals surface area contributed by atoms with E-state index in [0.29, 0.717) is 144 Å². The maximum Gasteiger partial charge on any atom is 0.280 e. The van der Waals surface area contributed by atoms with Gasteiger partial charge in [-0.3, -0.25) is 38.4 Å². The average molecular weight is 2150 g/mol. The largest absolute Gasteiger partial charge is 0.389 e. The molecule has 41 heteroatoms. The van der Waals surface area contributed by atoms with Crippen LogP contribution in [0.3, 0.4) is 0 Å². The smallest absolute Gasteiger partial charge is 0.280 e. The summed E-state index contributed by atoms with van der Waals surface area (Å²) >= 11 is 4.50. The fourth-order valence-corrected chi connectivity index (χ4v) is 23.8. The SMILES string of the molecule is CC(C)(O)CNC(=O)c1nc(C(=O)N2CCC(F)CC2)c(-c2cnc(NC3CCCCC3)cc2C2CC2)s1.CC(C)c1cc(NC2CCCCC2)ncc1-c1sc(C(=O)NCC(C)(C)O)nc1C(=O)N1CCC(F)CC1.Cc1c(-c2sc(C(=O)NCC(C)(C)O)nc2C(=O)N2CCC(F)CC2)cnc(NC2CCCCC2)c1C#N.Cc1cc(NC2CCCCC2)ncc1-c1sc(C(=O)NCC(C)(C)O)nc1C(=O)N1CCC(F)CC1. The molecule has 33 nitrogen and oxygen atoms in total. The highest BCUT2D eigenvalue weighted by Gasteiger charge is 2.40. The quantitative estimate of drug-likeness (QED) is 0.0186. The van der Waals surface area contributed by atoms with Gasteiger partial charge in [-0.2, -0.15) is 5.26 Å². The number of aryl methyl sites for hydroxylation is 1. The van der Waals surface area contributed by atoms with Crippen molar-refractivity contribution in [3.63, 3.8) is 0 Å². The summed E-state index contributed by atoms with van der Waals surface area (Å²) < 4.78 is 54.9. The average Bonchev–Trinajstić information content (AvgIpc) is 1.67. The van der Waals surface area contributed by atoms with E-state index < -0.39 is 70.7 Å². The predicted octanol–water partition coefficient (Wildman–Crippen LogP) is 18.6. The molecular formula is C109H149F4N21O12S4. The van der Waals surface area contributed by atoms with Crippen molar-refractivity contribution >= 4 is 116 Å². The molecule has 0 spiro atoms. The number of nitrogens with one attached hydrogen (secondary N) is 8. The number of carbonyl (C=O) groups excluding carboxylic acids is 8. The molecule has 8 aromatic rings. The van der Waals surface area contributed by atoms with Crippen molar-refractivity contribution in [2.24, 2.45) is 0 Å². The van der Waals surface area contributed by atoms with Crippen molar-refractivity contribution in [1.82, 2.24) is 80.7 Å². The van der Waals surface area contributed by atoms with Crippen LogP contribution in [0.5, 0.6) is 0 Å². The van der Waals surface area contributed by atoms with Gasteiger partial charge in [0, 0.05) is 150 Å². The van der Waals surface area contributed by atoms with Crippen LogP contribution in [-0.4, -0.2) is 277 Å². The third kappa shape index (κ3) is 31.9. The molecule has 17 rings (SSSR count). The van der Waals surface area contributed by atoms with Gasteiger partial charge in [-0.25, -0.2) is 57.4 Å². The van der Waals surface area contributed by atoms with Crippen LogP contribution in [0.2, 0.25) is 0 Å². The summed E-state index contributed by atoms with van der Waals surface area (Å²) in [5, 5.41) is 75.5. The van der Waals surface area contributed by atoms with Crippen molar-refractivity contribution < 1.29 is 76.3 Å². The molecule has 4 aliphatic heterocycles. The van der Waals surface area contributed by atoms with Crippen LogP contribution in [0.15, 0.2) is 43.0 Å². The van der Waals surface area contributed by atoms with Gasteiger partial charge in [0.25, 0.3) is 47.3 Å². The van der Waals surface area contributed by atoms with Gasteiger partial charge < -0.3 is 82.6 Å². The number of thiazole rings is 4. The number of aromatic nitrogens is 8. The number of hydrogen-bond donors (Lipinski definition) is 12. The number of alkyl halides is 4. The minimum atomic E-state index is -1.12. The zero-order chi connectivity index (χ0) is 108. The summed E-state index contributed by atoms with van der Waals surface area (Å²) in [6.07, 6.45) is 31.3.